The van der Waals surface area contributed by atoms with Gasteiger partial charge in [-0.05, 0) is 75.9 Å². The molecule has 11 heteroatoms. The Balaban J connectivity index is 1.58. The van der Waals surface area contributed by atoms with E-state index in [0.717, 1.165) is 23.3 Å². The minimum absolute atomic E-state index is 0.0328. The number of non-ortho nitro benzene ring substituents is 1. The van der Waals surface area contributed by atoms with Crippen LogP contribution in [0.15, 0.2) is 76.0 Å². The number of esters is 1. The van der Waals surface area contributed by atoms with E-state index in [1.54, 1.807) is 34.9 Å². The second-order valence-electron chi connectivity index (χ2n) is 9.59. The van der Waals surface area contributed by atoms with E-state index in [2.05, 4.69) is 28.7 Å². The first kappa shape index (κ1) is 27.1. The summed E-state index contributed by atoms with van der Waals surface area (Å²) in [4.78, 5) is 42.3. The lowest BCUT2D eigenvalue weighted by Gasteiger charge is -2.30. The summed E-state index contributed by atoms with van der Waals surface area (Å²) in [5.74, 6) is 0.220. The highest BCUT2D eigenvalue weighted by Gasteiger charge is 2.33. The van der Waals surface area contributed by atoms with Gasteiger partial charge < -0.3 is 9.47 Å². The van der Waals surface area contributed by atoms with Crippen molar-refractivity contribution >= 4 is 57.4 Å². The molecule has 2 heterocycles. The van der Waals surface area contributed by atoms with Gasteiger partial charge in [-0.3, -0.25) is 24.3 Å². The molecule has 1 aliphatic heterocycles. The summed E-state index contributed by atoms with van der Waals surface area (Å²) in [6, 6.07) is 17.5. The van der Waals surface area contributed by atoms with Crippen molar-refractivity contribution in [3.63, 3.8) is 0 Å². The van der Waals surface area contributed by atoms with E-state index in [1.807, 2.05) is 24.3 Å². The lowest BCUT2D eigenvalue weighted by Crippen LogP contribution is -2.38. The van der Waals surface area contributed by atoms with Gasteiger partial charge in [0.2, 0.25) is 0 Å². The highest BCUT2D eigenvalue weighted by molar-refractivity contribution is 14.1. The number of hydrogen-bond donors (Lipinski definition) is 0. The Bertz CT molecular complexity index is 1980. The number of rotatable bonds is 5. The molecule has 1 aliphatic carbocycles. The molecule has 0 spiro atoms. The molecule has 0 saturated heterocycles. The summed E-state index contributed by atoms with van der Waals surface area (Å²) in [7, 11) is 1.48. The zero-order valence-corrected chi connectivity index (χ0v) is 24.9. The first-order chi connectivity index (χ1) is 19.7. The van der Waals surface area contributed by atoms with Gasteiger partial charge in [0.15, 0.2) is 16.3 Å². The Labute approximate surface area is 251 Å². The van der Waals surface area contributed by atoms with Gasteiger partial charge in [0.05, 0.1) is 31.9 Å². The fourth-order valence-corrected chi connectivity index (χ4v) is 7.08. The van der Waals surface area contributed by atoms with E-state index in [9.17, 15) is 19.7 Å². The van der Waals surface area contributed by atoms with Crippen LogP contribution >= 0.6 is 33.9 Å². The van der Waals surface area contributed by atoms with Crippen molar-refractivity contribution in [1.29, 1.82) is 0 Å². The number of aromatic nitrogens is 1. The van der Waals surface area contributed by atoms with Gasteiger partial charge in [-0.1, -0.05) is 47.7 Å². The van der Waals surface area contributed by atoms with Crippen molar-refractivity contribution in [3.05, 3.63) is 122 Å². The standard InChI is InChI=1S/C30H22IN3O6S/c1-16(35)40-28-23(31)12-17(13-24(28)39-2)14-25-29(36)33-27(19-7-5-8-20(15-19)34(37)38)22-11-10-18-6-3-4-9-21(18)26(22)32-30(33)41-25/h3-9,12-15,27H,10-11H2,1-2H3/b25-14+/t27-/m0/s1. The highest BCUT2D eigenvalue weighted by Crippen LogP contribution is 2.41. The number of benzene rings is 3. The molecule has 0 unspecified atom stereocenters. The van der Waals surface area contributed by atoms with Crippen LogP contribution in [0.4, 0.5) is 5.69 Å². The third-order valence-corrected chi connectivity index (χ3v) is 8.85. The summed E-state index contributed by atoms with van der Waals surface area (Å²) in [6.07, 6.45) is 3.22. The van der Waals surface area contributed by atoms with Gasteiger partial charge in [-0.25, -0.2) is 4.99 Å². The van der Waals surface area contributed by atoms with Gasteiger partial charge in [-0.15, -0.1) is 0 Å². The van der Waals surface area contributed by atoms with Crippen LogP contribution in [0.25, 0.3) is 11.8 Å². The molecule has 0 fully saturated rings. The number of hydrogen-bond acceptors (Lipinski definition) is 8. The summed E-state index contributed by atoms with van der Waals surface area (Å²) >= 11 is 3.32. The number of methoxy groups -OCH3 is 1. The number of carbonyl (C=O) groups excluding carboxylic acids is 1. The van der Waals surface area contributed by atoms with Crippen molar-refractivity contribution in [1.82, 2.24) is 4.57 Å². The first-order valence-electron chi connectivity index (χ1n) is 12.7. The monoisotopic (exact) mass is 679 g/mol. The predicted molar refractivity (Wildman–Crippen MR) is 163 cm³/mol. The third-order valence-electron chi connectivity index (χ3n) is 7.07. The number of aryl methyl sites for hydroxylation is 1. The Morgan fingerprint density at radius 3 is 2.73 bits per heavy atom. The summed E-state index contributed by atoms with van der Waals surface area (Å²) in [5, 5.41) is 11.6. The van der Waals surface area contributed by atoms with E-state index >= 15 is 0 Å². The van der Waals surface area contributed by atoms with Crippen molar-refractivity contribution in [2.45, 2.75) is 25.8 Å². The highest BCUT2D eigenvalue weighted by atomic mass is 127. The number of allylic oxidation sites excluding steroid dienone is 1. The van der Waals surface area contributed by atoms with Crippen molar-refractivity contribution < 1.29 is 19.2 Å². The molecule has 6 rings (SSSR count). The van der Waals surface area contributed by atoms with E-state index in [0.29, 0.717) is 42.0 Å². The Morgan fingerprint density at radius 1 is 1.17 bits per heavy atom. The largest absolute Gasteiger partial charge is 0.493 e. The lowest BCUT2D eigenvalue weighted by molar-refractivity contribution is -0.384. The number of nitro benzene ring substituents is 1. The number of nitro groups is 1. The van der Waals surface area contributed by atoms with Crippen molar-refractivity contribution in [3.8, 4) is 11.5 Å². The Morgan fingerprint density at radius 2 is 1.98 bits per heavy atom. The zero-order chi connectivity index (χ0) is 28.8. The molecule has 0 amide bonds. The number of carbonyl (C=O) groups is 1. The fraction of sp³-hybridized carbons (Fsp3) is 0.167. The van der Waals surface area contributed by atoms with Gasteiger partial charge in [0, 0.05) is 24.6 Å². The fourth-order valence-electron chi connectivity index (χ4n) is 5.35. The molecule has 0 radical (unpaired) electrons. The minimum Gasteiger partial charge on any atom is -0.493 e. The minimum atomic E-state index is -0.530. The normalized spacial score (nSPS) is 15.9. The van der Waals surface area contributed by atoms with Crippen molar-refractivity contribution in [2.24, 2.45) is 4.99 Å². The van der Waals surface area contributed by atoms with E-state index in [-0.39, 0.29) is 11.2 Å². The first-order valence-corrected chi connectivity index (χ1v) is 14.6. The molecule has 41 heavy (non-hydrogen) atoms. The van der Waals surface area contributed by atoms with Gasteiger partial charge in [0.25, 0.3) is 11.2 Å². The molecule has 1 aromatic heterocycles. The molecule has 9 nitrogen and oxygen atoms in total. The molecule has 0 saturated carbocycles. The SMILES string of the molecule is COc1cc(/C=c2/sc3n(c2=O)[C@@H](c2cccc([N+](=O)[O-])c2)C2=C(N=3)c3ccccc3CC2)cc(I)c1OC(C)=O. The maximum atomic E-state index is 14.0. The molecule has 3 aromatic carbocycles. The summed E-state index contributed by atoms with van der Waals surface area (Å²) in [5.41, 5.74) is 5.05. The van der Waals surface area contributed by atoms with Crippen LogP contribution in [0.3, 0.4) is 0 Å². The molecule has 2 aliphatic rings. The van der Waals surface area contributed by atoms with Gasteiger partial charge in [0.1, 0.15) is 0 Å². The van der Waals surface area contributed by atoms with E-state index < -0.39 is 16.9 Å². The lowest BCUT2D eigenvalue weighted by atomic mass is 9.83. The van der Waals surface area contributed by atoms with Crippen LogP contribution in [0.1, 0.15) is 41.6 Å². The average molecular weight is 679 g/mol. The molecule has 206 valence electrons. The molecule has 0 bridgehead atoms. The second-order valence-corrected chi connectivity index (χ2v) is 11.8. The van der Waals surface area contributed by atoms with Crippen LogP contribution in [0, 0.1) is 13.7 Å². The van der Waals surface area contributed by atoms with Gasteiger partial charge >= 0.3 is 5.97 Å². The molecule has 1 atom stereocenters. The average Bonchev–Trinajstić information content (AvgIpc) is 3.27. The number of nitrogens with zero attached hydrogens (tertiary/aromatic N) is 3. The molecule has 0 N–H and O–H groups in total. The van der Waals surface area contributed by atoms with Crippen LogP contribution < -0.4 is 24.4 Å². The Hall–Kier alpha value is -4.10. The number of halogens is 1. The predicted octanol–water partition coefficient (Wildman–Crippen LogP) is 4.77. The topological polar surface area (TPSA) is 113 Å². The molecular weight excluding hydrogens is 657 g/mol. The quantitative estimate of drug-likeness (QED) is 0.0989. The second kappa shape index (κ2) is 10.7. The third kappa shape index (κ3) is 4.88. The van der Waals surface area contributed by atoms with Crippen LogP contribution in [0.5, 0.6) is 11.5 Å². The number of fused-ring (bicyclic) bond motifs is 3. The number of ether oxygens (including phenoxy) is 2. The summed E-state index contributed by atoms with van der Waals surface area (Å²) < 4.78 is 13.5. The maximum absolute atomic E-state index is 14.0. The summed E-state index contributed by atoms with van der Waals surface area (Å²) in [6.45, 7) is 1.32. The number of thiazole rings is 1. The zero-order valence-electron chi connectivity index (χ0n) is 21.9. The molecular formula is C30H22IN3O6S. The maximum Gasteiger partial charge on any atom is 0.308 e. The smallest absolute Gasteiger partial charge is 0.308 e. The van der Waals surface area contributed by atoms with Gasteiger partial charge in [-0.2, -0.15) is 0 Å². The van der Waals surface area contributed by atoms with Crippen LogP contribution in [-0.4, -0.2) is 22.6 Å². The van der Waals surface area contributed by atoms with E-state index in [4.69, 9.17) is 14.5 Å². The van der Waals surface area contributed by atoms with Crippen LogP contribution in [0.2, 0.25) is 0 Å². The van der Waals surface area contributed by atoms with Crippen LogP contribution in [-0.2, 0) is 11.2 Å². The van der Waals surface area contributed by atoms with E-state index in [1.165, 1.54) is 37.0 Å². The Kier molecular flexibility index (Phi) is 7.08. The molecule has 4 aromatic rings. The van der Waals surface area contributed by atoms with Crippen molar-refractivity contribution in [2.75, 3.05) is 7.11 Å².